The zero-order chi connectivity index (χ0) is 15.7. The summed E-state index contributed by atoms with van der Waals surface area (Å²) in [5.41, 5.74) is -0.327. The van der Waals surface area contributed by atoms with E-state index in [2.05, 4.69) is 11.6 Å². The van der Waals surface area contributed by atoms with Crippen LogP contribution in [0.25, 0.3) is 0 Å². The largest absolute Gasteiger partial charge is 0.352 e. The fourth-order valence-electron chi connectivity index (χ4n) is 1.91. The molecule has 1 amide bonds. The molecule has 0 bridgehead atoms. The third-order valence-electron chi connectivity index (χ3n) is 2.97. The van der Waals surface area contributed by atoms with E-state index in [1.54, 1.807) is 0 Å². The first kappa shape index (κ1) is 17.8. The molecule has 0 aliphatic heterocycles. The number of nitro benzene ring substituents is 1. The molecule has 1 aromatic carbocycles. The normalized spacial score (nSPS) is 10.4. The molecule has 0 aromatic heterocycles. The molecule has 0 radical (unpaired) electrons. The minimum absolute atomic E-state index is 0.00915. The predicted octanol–water partition coefficient (Wildman–Crippen LogP) is 3.90. The van der Waals surface area contributed by atoms with Crippen LogP contribution in [0.2, 0.25) is 5.02 Å². The van der Waals surface area contributed by atoms with Gasteiger partial charge in [0.05, 0.1) is 4.92 Å². The Kier molecular flexibility index (Phi) is 8.15. The molecular formula is C14H19ClN2O3S. The molecule has 21 heavy (non-hydrogen) atoms. The van der Waals surface area contributed by atoms with Crippen LogP contribution in [0.1, 0.15) is 36.0 Å². The van der Waals surface area contributed by atoms with Crippen molar-refractivity contribution in [2.45, 2.75) is 25.7 Å². The average molecular weight is 331 g/mol. The van der Waals surface area contributed by atoms with E-state index >= 15 is 0 Å². The van der Waals surface area contributed by atoms with Crippen LogP contribution in [0.4, 0.5) is 5.69 Å². The highest BCUT2D eigenvalue weighted by Crippen LogP contribution is 2.27. The van der Waals surface area contributed by atoms with Crippen molar-refractivity contribution in [3.63, 3.8) is 0 Å². The smallest absolute Gasteiger partial charge is 0.300 e. The highest BCUT2D eigenvalue weighted by atomic mass is 35.5. The number of hydrogen-bond acceptors (Lipinski definition) is 4. The standard InChI is InChI=1S/C14H19ClN2O3S/c1-21-10-5-3-2-4-9-16-14(18)11-7-6-8-12(15)13(11)17(19)20/h6-8H,2-5,9-10H2,1H3,(H,16,18). The number of nitrogens with one attached hydrogen (secondary N) is 1. The summed E-state index contributed by atoms with van der Waals surface area (Å²) in [7, 11) is 0. The molecule has 5 nitrogen and oxygen atoms in total. The van der Waals surface area contributed by atoms with Gasteiger partial charge in [-0.05, 0) is 37.0 Å². The molecule has 0 aliphatic rings. The van der Waals surface area contributed by atoms with Gasteiger partial charge in [-0.25, -0.2) is 0 Å². The lowest BCUT2D eigenvalue weighted by Crippen LogP contribution is -2.25. The number of nitro groups is 1. The summed E-state index contributed by atoms with van der Waals surface area (Å²) in [6, 6.07) is 4.35. The number of benzene rings is 1. The molecular weight excluding hydrogens is 312 g/mol. The number of hydrogen-bond donors (Lipinski definition) is 1. The molecule has 0 fully saturated rings. The van der Waals surface area contributed by atoms with Gasteiger partial charge in [-0.15, -0.1) is 0 Å². The molecule has 0 spiro atoms. The fraction of sp³-hybridized carbons (Fsp3) is 0.500. The number of rotatable bonds is 9. The Bertz CT molecular complexity index is 497. The summed E-state index contributed by atoms with van der Waals surface area (Å²) in [4.78, 5) is 22.3. The molecule has 0 saturated carbocycles. The summed E-state index contributed by atoms with van der Waals surface area (Å²) in [5.74, 6) is 0.703. The van der Waals surface area contributed by atoms with Gasteiger partial charge >= 0.3 is 5.69 Å². The molecule has 0 heterocycles. The summed E-state index contributed by atoms with van der Waals surface area (Å²) in [5, 5.41) is 13.6. The van der Waals surface area contributed by atoms with Crippen LogP contribution in [0.5, 0.6) is 0 Å². The first-order chi connectivity index (χ1) is 10.1. The molecule has 7 heteroatoms. The van der Waals surface area contributed by atoms with Gasteiger partial charge < -0.3 is 5.32 Å². The maximum atomic E-state index is 12.0. The van der Waals surface area contributed by atoms with E-state index in [-0.39, 0.29) is 16.3 Å². The van der Waals surface area contributed by atoms with E-state index in [1.165, 1.54) is 24.6 Å². The van der Waals surface area contributed by atoms with E-state index in [0.717, 1.165) is 25.0 Å². The van der Waals surface area contributed by atoms with Crippen molar-refractivity contribution >= 4 is 35.0 Å². The lowest BCUT2D eigenvalue weighted by molar-refractivity contribution is -0.385. The number of thioether (sulfide) groups is 1. The average Bonchev–Trinajstić information content (AvgIpc) is 2.45. The molecule has 1 aromatic rings. The fourth-order valence-corrected chi connectivity index (χ4v) is 2.64. The number of para-hydroxylation sites is 1. The Morgan fingerprint density at radius 2 is 2.05 bits per heavy atom. The third kappa shape index (κ3) is 5.93. The van der Waals surface area contributed by atoms with Gasteiger partial charge in [-0.1, -0.05) is 30.5 Å². The topological polar surface area (TPSA) is 72.2 Å². The van der Waals surface area contributed by atoms with Gasteiger partial charge in [0.25, 0.3) is 5.91 Å². The summed E-state index contributed by atoms with van der Waals surface area (Å²) in [6.45, 7) is 0.516. The Balaban J connectivity index is 2.46. The van der Waals surface area contributed by atoms with Gasteiger partial charge in [-0.2, -0.15) is 11.8 Å². The summed E-state index contributed by atoms with van der Waals surface area (Å²) < 4.78 is 0. The van der Waals surface area contributed by atoms with Crippen molar-refractivity contribution in [3.8, 4) is 0 Å². The summed E-state index contributed by atoms with van der Waals surface area (Å²) in [6.07, 6.45) is 6.30. The number of carbonyl (C=O) groups excluding carboxylic acids is 1. The number of halogens is 1. The van der Waals surface area contributed by atoms with Crippen molar-refractivity contribution in [2.24, 2.45) is 0 Å². The van der Waals surface area contributed by atoms with Crippen molar-refractivity contribution in [1.82, 2.24) is 5.32 Å². The van der Waals surface area contributed by atoms with Crippen LogP contribution >= 0.6 is 23.4 Å². The van der Waals surface area contributed by atoms with Crippen molar-refractivity contribution in [3.05, 3.63) is 38.9 Å². The molecule has 0 atom stereocenters. The van der Waals surface area contributed by atoms with E-state index in [0.29, 0.717) is 6.54 Å². The number of unbranched alkanes of at least 4 members (excludes halogenated alkanes) is 3. The molecule has 0 aliphatic carbocycles. The second-order valence-electron chi connectivity index (χ2n) is 4.56. The highest BCUT2D eigenvalue weighted by Gasteiger charge is 2.23. The minimum atomic E-state index is -0.625. The third-order valence-corrected chi connectivity index (χ3v) is 3.98. The molecule has 0 saturated heterocycles. The number of amides is 1. The van der Waals surface area contributed by atoms with Crippen molar-refractivity contribution in [1.29, 1.82) is 0 Å². The monoisotopic (exact) mass is 330 g/mol. The number of carbonyl (C=O) groups is 1. The zero-order valence-electron chi connectivity index (χ0n) is 11.9. The lowest BCUT2D eigenvalue weighted by atomic mass is 10.1. The Morgan fingerprint density at radius 1 is 1.33 bits per heavy atom. The van der Waals surface area contributed by atoms with Crippen LogP contribution in [-0.4, -0.2) is 29.4 Å². The van der Waals surface area contributed by atoms with Gasteiger partial charge in [0, 0.05) is 6.54 Å². The van der Waals surface area contributed by atoms with Gasteiger partial charge in [0.1, 0.15) is 10.6 Å². The molecule has 0 unspecified atom stereocenters. The van der Waals surface area contributed by atoms with Crippen LogP contribution in [0, 0.1) is 10.1 Å². The second-order valence-corrected chi connectivity index (χ2v) is 5.95. The van der Waals surface area contributed by atoms with Crippen LogP contribution in [0.15, 0.2) is 18.2 Å². The lowest BCUT2D eigenvalue weighted by Gasteiger charge is -2.06. The predicted molar refractivity (Wildman–Crippen MR) is 87.3 cm³/mol. The molecule has 1 rings (SSSR count). The highest BCUT2D eigenvalue weighted by molar-refractivity contribution is 7.98. The summed E-state index contributed by atoms with van der Waals surface area (Å²) >= 11 is 7.60. The second kappa shape index (κ2) is 9.63. The minimum Gasteiger partial charge on any atom is -0.352 e. The first-order valence-electron chi connectivity index (χ1n) is 6.78. The van der Waals surface area contributed by atoms with Crippen LogP contribution < -0.4 is 5.32 Å². The Hall–Kier alpha value is -1.27. The molecule has 116 valence electrons. The van der Waals surface area contributed by atoms with Gasteiger partial charge in [0.2, 0.25) is 0 Å². The van der Waals surface area contributed by atoms with Gasteiger partial charge in [-0.3, -0.25) is 14.9 Å². The SMILES string of the molecule is CSCCCCCCNC(=O)c1cccc(Cl)c1[N+](=O)[O-]. The van der Waals surface area contributed by atoms with E-state index in [9.17, 15) is 14.9 Å². The molecule has 1 N–H and O–H groups in total. The Morgan fingerprint density at radius 3 is 2.71 bits per heavy atom. The van der Waals surface area contributed by atoms with Gasteiger partial charge in [0.15, 0.2) is 0 Å². The first-order valence-corrected chi connectivity index (χ1v) is 8.55. The quantitative estimate of drug-likeness (QED) is 0.423. The van der Waals surface area contributed by atoms with E-state index < -0.39 is 10.8 Å². The van der Waals surface area contributed by atoms with E-state index in [4.69, 9.17) is 11.6 Å². The van der Waals surface area contributed by atoms with Crippen LogP contribution in [0.3, 0.4) is 0 Å². The number of nitrogens with zero attached hydrogens (tertiary/aromatic N) is 1. The van der Waals surface area contributed by atoms with Crippen LogP contribution in [-0.2, 0) is 0 Å². The Labute approximate surface area is 133 Å². The zero-order valence-corrected chi connectivity index (χ0v) is 13.5. The van der Waals surface area contributed by atoms with E-state index in [1.807, 2.05) is 11.8 Å². The maximum absolute atomic E-state index is 12.0. The van der Waals surface area contributed by atoms with Crippen molar-refractivity contribution in [2.75, 3.05) is 18.6 Å². The van der Waals surface area contributed by atoms with Crippen molar-refractivity contribution < 1.29 is 9.72 Å². The maximum Gasteiger partial charge on any atom is 0.300 e.